The van der Waals surface area contributed by atoms with E-state index in [1.807, 2.05) is 0 Å². The molecule has 3 unspecified atom stereocenters. The summed E-state index contributed by atoms with van der Waals surface area (Å²) < 4.78 is 5.88. The Bertz CT molecular complexity index is 355. The van der Waals surface area contributed by atoms with Crippen LogP contribution in [0.25, 0.3) is 0 Å². The van der Waals surface area contributed by atoms with Crippen LogP contribution < -0.4 is 0 Å². The van der Waals surface area contributed by atoms with Crippen LogP contribution in [0.15, 0.2) is 12.4 Å². The van der Waals surface area contributed by atoms with E-state index in [2.05, 4.69) is 23.8 Å². The first kappa shape index (κ1) is 12.8. The number of ether oxygens (including phenoxy) is 1. The molecule has 17 heavy (non-hydrogen) atoms. The van der Waals surface area contributed by atoms with E-state index in [1.54, 1.807) is 12.4 Å². The summed E-state index contributed by atoms with van der Waals surface area (Å²) in [5.74, 6) is 1.58. The molecule has 0 spiro atoms. The smallest absolute Gasteiger partial charge is 0.147 e. The average molecular weight is 255 g/mol. The third-order valence-corrected chi connectivity index (χ3v) is 3.89. The SMILES string of the molecule is CC1CCC(OCc2cnc(Cl)cn2)CC1C. The molecule has 1 aliphatic rings. The molecule has 0 saturated heterocycles. The zero-order valence-electron chi connectivity index (χ0n) is 10.4. The fourth-order valence-electron chi connectivity index (χ4n) is 2.27. The molecular formula is C13H19ClN2O. The summed E-state index contributed by atoms with van der Waals surface area (Å²) >= 11 is 5.68. The average Bonchev–Trinajstić information content (AvgIpc) is 2.33. The minimum Gasteiger partial charge on any atom is -0.372 e. The topological polar surface area (TPSA) is 35.0 Å². The van der Waals surface area contributed by atoms with Gasteiger partial charge in [-0.15, -0.1) is 0 Å². The molecule has 0 N–H and O–H groups in total. The second-order valence-electron chi connectivity index (χ2n) is 5.03. The molecule has 0 aliphatic heterocycles. The van der Waals surface area contributed by atoms with Crippen molar-refractivity contribution >= 4 is 11.6 Å². The van der Waals surface area contributed by atoms with Crippen molar-refractivity contribution in [3.05, 3.63) is 23.2 Å². The summed E-state index contributed by atoms with van der Waals surface area (Å²) in [6, 6.07) is 0. The highest BCUT2D eigenvalue weighted by atomic mass is 35.5. The molecule has 0 bridgehead atoms. The Morgan fingerprint density at radius 2 is 2.06 bits per heavy atom. The van der Waals surface area contributed by atoms with Gasteiger partial charge < -0.3 is 4.74 Å². The highest BCUT2D eigenvalue weighted by Crippen LogP contribution is 2.31. The molecular weight excluding hydrogens is 236 g/mol. The minimum absolute atomic E-state index is 0.374. The summed E-state index contributed by atoms with van der Waals surface area (Å²) in [6.45, 7) is 5.17. The van der Waals surface area contributed by atoms with Gasteiger partial charge in [0.1, 0.15) is 5.15 Å². The molecule has 0 amide bonds. The van der Waals surface area contributed by atoms with Crippen LogP contribution in [0.4, 0.5) is 0 Å². The Morgan fingerprint density at radius 1 is 1.24 bits per heavy atom. The molecule has 3 atom stereocenters. The lowest BCUT2D eigenvalue weighted by atomic mass is 9.80. The quantitative estimate of drug-likeness (QED) is 0.829. The summed E-state index contributed by atoms with van der Waals surface area (Å²) in [6.07, 6.45) is 7.19. The van der Waals surface area contributed by atoms with Crippen LogP contribution in [0.1, 0.15) is 38.8 Å². The van der Waals surface area contributed by atoms with Gasteiger partial charge in [-0.3, -0.25) is 4.98 Å². The fraction of sp³-hybridized carbons (Fsp3) is 0.692. The van der Waals surface area contributed by atoms with E-state index in [-0.39, 0.29) is 0 Å². The van der Waals surface area contributed by atoms with Gasteiger partial charge in [0.05, 0.1) is 30.8 Å². The lowest BCUT2D eigenvalue weighted by Gasteiger charge is -2.31. The molecule has 3 nitrogen and oxygen atoms in total. The third kappa shape index (κ3) is 3.65. The molecule has 0 radical (unpaired) electrons. The molecule has 1 fully saturated rings. The maximum absolute atomic E-state index is 5.88. The Labute approximate surface area is 108 Å². The molecule has 1 aromatic rings. The van der Waals surface area contributed by atoms with Gasteiger partial charge >= 0.3 is 0 Å². The van der Waals surface area contributed by atoms with Gasteiger partial charge in [0, 0.05) is 0 Å². The Morgan fingerprint density at radius 3 is 2.71 bits per heavy atom. The van der Waals surface area contributed by atoms with E-state index in [0.717, 1.165) is 30.4 Å². The molecule has 0 aromatic carbocycles. The maximum Gasteiger partial charge on any atom is 0.147 e. The number of rotatable bonds is 3. The first-order valence-corrected chi connectivity index (χ1v) is 6.61. The minimum atomic E-state index is 0.374. The van der Waals surface area contributed by atoms with Gasteiger partial charge in [-0.2, -0.15) is 0 Å². The Kier molecular flexibility index (Phi) is 4.35. The summed E-state index contributed by atoms with van der Waals surface area (Å²) in [5.41, 5.74) is 0.848. The van der Waals surface area contributed by atoms with Crippen molar-refractivity contribution in [2.24, 2.45) is 11.8 Å². The van der Waals surface area contributed by atoms with Crippen LogP contribution in [-0.2, 0) is 11.3 Å². The van der Waals surface area contributed by atoms with Gasteiger partial charge in [0.15, 0.2) is 0 Å². The monoisotopic (exact) mass is 254 g/mol. The molecule has 1 aliphatic carbocycles. The Hall–Kier alpha value is -0.670. The highest BCUT2D eigenvalue weighted by molar-refractivity contribution is 6.29. The van der Waals surface area contributed by atoms with E-state index in [0.29, 0.717) is 17.9 Å². The maximum atomic E-state index is 5.88. The first-order valence-electron chi connectivity index (χ1n) is 6.23. The number of hydrogen-bond donors (Lipinski definition) is 0. The van der Waals surface area contributed by atoms with Crippen LogP contribution in [0.3, 0.4) is 0 Å². The van der Waals surface area contributed by atoms with Gasteiger partial charge in [-0.1, -0.05) is 25.4 Å². The summed E-state index contributed by atoms with van der Waals surface area (Å²) in [4.78, 5) is 8.17. The van der Waals surface area contributed by atoms with Crippen LogP contribution >= 0.6 is 11.6 Å². The van der Waals surface area contributed by atoms with Gasteiger partial charge in [-0.25, -0.2) is 4.98 Å². The largest absolute Gasteiger partial charge is 0.372 e. The van der Waals surface area contributed by atoms with E-state index in [1.165, 1.54) is 6.42 Å². The van der Waals surface area contributed by atoms with Gasteiger partial charge in [-0.05, 0) is 31.1 Å². The normalized spacial score (nSPS) is 29.2. The zero-order chi connectivity index (χ0) is 12.3. The van der Waals surface area contributed by atoms with Crippen molar-refractivity contribution in [2.45, 2.75) is 45.8 Å². The van der Waals surface area contributed by atoms with E-state index in [4.69, 9.17) is 16.3 Å². The van der Waals surface area contributed by atoms with Gasteiger partial charge in [0.25, 0.3) is 0 Å². The fourth-order valence-corrected chi connectivity index (χ4v) is 2.36. The van der Waals surface area contributed by atoms with Crippen molar-refractivity contribution in [1.29, 1.82) is 0 Å². The second kappa shape index (κ2) is 5.78. The lowest BCUT2D eigenvalue weighted by Crippen LogP contribution is -2.26. The van der Waals surface area contributed by atoms with Crippen LogP contribution in [-0.4, -0.2) is 16.1 Å². The van der Waals surface area contributed by atoms with Crippen molar-refractivity contribution in [3.63, 3.8) is 0 Å². The van der Waals surface area contributed by atoms with Crippen LogP contribution in [0.2, 0.25) is 5.15 Å². The highest BCUT2D eigenvalue weighted by Gasteiger charge is 2.24. The van der Waals surface area contributed by atoms with E-state index in [9.17, 15) is 0 Å². The molecule has 2 rings (SSSR count). The summed E-state index contributed by atoms with van der Waals surface area (Å²) in [5, 5.41) is 0.425. The lowest BCUT2D eigenvalue weighted by molar-refractivity contribution is -0.00886. The summed E-state index contributed by atoms with van der Waals surface area (Å²) in [7, 11) is 0. The van der Waals surface area contributed by atoms with Crippen LogP contribution in [0, 0.1) is 11.8 Å². The molecule has 1 saturated carbocycles. The molecule has 1 aromatic heterocycles. The predicted molar refractivity (Wildman–Crippen MR) is 67.8 cm³/mol. The van der Waals surface area contributed by atoms with Gasteiger partial charge in [0.2, 0.25) is 0 Å². The molecule has 1 heterocycles. The Balaban J connectivity index is 1.80. The number of halogens is 1. The van der Waals surface area contributed by atoms with Crippen molar-refractivity contribution in [3.8, 4) is 0 Å². The number of hydrogen-bond acceptors (Lipinski definition) is 3. The molecule has 94 valence electrons. The third-order valence-electron chi connectivity index (χ3n) is 3.69. The number of nitrogens with zero attached hydrogens (tertiary/aromatic N) is 2. The predicted octanol–water partition coefficient (Wildman–Crippen LogP) is 3.47. The van der Waals surface area contributed by atoms with Crippen LogP contribution in [0.5, 0.6) is 0 Å². The van der Waals surface area contributed by atoms with Crippen molar-refractivity contribution in [2.75, 3.05) is 0 Å². The zero-order valence-corrected chi connectivity index (χ0v) is 11.2. The standard InChI is InChI=1S/C13H19ClN2O/c1-9-3-4-12(5-10(9)2)17-8-11-6-16-13(14)7-15-11/h6-7,9-10,12H,3-5,8H2,1-2H3. The molecule has 4 heteroatoms. The van der Waals surface area contributed by atoms with E-state index < -0.39 is 0 Å². The van der Waals surface area contributed by atoms with E-state index >= 15 is 0 Å². The van der Waals surface area contributed by atoms with Crippen molar-refractivity contribution in [1.82, 2.24) is 9.97 Å². The number of aromatic nitrogens is 2. The second-order valence-corrected chi connectivity index (χ2v) is 5.42. The van der Waals surface area contributed by atoms with Crippen molar-refractivity contribution < 1.29 is 4.74 Å². The first-order chi connectivity index (χ1) is 8.15.